The number of rotatable bonds is 7. The van der Waals surface area contributed by atoms with Crippen LogP contribution >= 0.6 is 11.3 Å². The maximum absolute atomic E-state index is 13.5. The zero-order valence-electron chi connectivity index (χ0n) is 18.9. The lowest BCUT2D eigenvalue weighted by atomic mass is 10.2. The topological polar surface area (TPSA) is 67.3 Å². The highest BCUT2D eigenvalue weighted by atomic mass is 32.1. The molecule has 7 nitrogen and oxygen atoms in total. The van der Waals surface area contributed by atoms with Crippen molar-refractivity contribution in [2.45, 2.75) is 0 Å². The average Bonchev–Trinajstić information content (AvgIpc) is 3.27. The first kappa shape index (κ1) is 22.3. The Morgan fingerprint density at radius 2 is 1.61 bits per heavy atom. The number of methoxy groups -OCH3 is 2. The lowest BCUT2D eigenvalue weighted by Crippen LogP contribution is -2.25. The van der Waals surface area contributed by atoms with Crippen molar-refractivity contribution in [2.24, 2.45) is 5.10 Å². The van der Waals surface area contributed by atoms with Crippen LogP contribution in [0.15, 0.2) is 71.8 Å². The molecule has 0 aliphatic rings. The van der Waals surface area contributed by atoms with Gasteiger partial charge in [-0.2, -0.15) is 10.1 Å². The molecule has 3 aromatic carbocycles. The second-order valence-electron chi connectivity index (χ2n) is 7.41. The summed E-state index contributed by atoms with van der Waals surface area (Å²) in [7, 11) is 7.15. The van der Waals surface area contributed by atoms with Crippen LogP contribution in [0.5, 0.6) is 11.5 Å². The molecule has 1 heterocycles. The second kappa shape index (κ2) is 9.70. The molecule has 4 rings (SSSR count). The average molecular weight is 461 g/mol. The maximum atomic E-state index is 13.5. The van der Waals surface area contributed by atoms with Crippen LogP contribution in [0.1, 0.15) is 15.9 Å². The van der Waals surface area contributed by atoms with E-state index in [4.69, 9.17) is 9.47 Å². The van der Waals surface area contributed by atoms with Crippen LogP contribution in [0.2, 0.25) is 0 Å². The third kappa shape index (κ3) is 4.96. The van der Waals surface area contributed by atoms with Crippen molar-refractivity contribution in [3.63, 3.8) is 0 Å². The molecule has 0 unspecified atom stereocenters. The van der Waals surface area contributed by atoms with Gasteiger partial charge in [0.1, 0.15) is 11.5 Å². The van der Waals surface area contributed by atoms with Crippen LogP contribution in [0.25, 0.3) is 10.2 Å². The molecule has 0 radical (unpaired) electrons. The molecule has 0 saturated carbocycles. The molecule has 0 aliphatic carbocycles. The Morgan fingerprint density at radius 3 is 2.24 bits per heavy atom. The molecule has 1 aromatic heterocycles. The lowest BCUT2D eigenvalue weighted by molar-refractivity contribution is 0.0988. The molecule has 0 bridgehead atoms. The van der Waals surface area contributed by atoms with Crippen molar-refractivity contribution in [1.82, 2.24) is 4.98 Å². The quantitative estimate of drug-likeness (QED) is 0.285. The second-order valence-corrected chi connectivity index (χ2v) is 8.42. The van der Waals surface area contributed by atoms with E-state index < -0.39 is 0 Å². The monoisotopic (exact) mass is 460 g/mol. The highest BCUT2D eigenvalue weighted by molar-refractivity contribution is 7.22. The summed E-state index contributed by atoms with van der Waals surface area (Å²) < 4.78 is 11.4. The third-order valence-corrected chi connectivity index (χ3v) is 6.02. The number of benzene rings is 3. The molecule has 0 N–H and O–H groups in total. The van der Waals surface area contributed by atoms with Crippen LogP contribution in [-0.2, 0) is 0 Å². The Hall–Kier alpha value is -3.91. The van der Waals surface area contributed by atoms with E-state index in [1.165, 1.54) is 16.3 Å². The summed E-state index contributed by atoms with van der Waals surface area (Å²) in [5, 5.41) is 6.33. The third-order valence-electron chi connectivity index (χ3n) is 5.03. The molecule has 0 fully saturated rings. The van der Waals surface area contributed by atoms with Gasteiger partial charge in [-0.15, -0.1) is 0 Å². The summed E-state index contributed by atoms with van der Waals surface area (Å²) in [6.45, 7) is 0. The first-order chi connectivity index (χ1) is 16.0. The number of aromatic nitrogens is 1. The number of carbonyl (C=O) groups excluding carboxylic acids is 1. The van der Waals surface area contributed by atoms with Crippen LogP contribution in [0.4, 0.5) is 10.8 Å². The van der Waals surface area contributed by atoms with Gasteiger partial charge in [-0.3, -0.25) is 4.79 Å². The number of ether oxygens (including phenoxy) is 2. The fraction of sp³-hybridized carbons (Fsp3) is 0.160. The zero-order chi connectivity index (χ0) is 23.4. The maximum Gasteiger partial charge on any atom is 0.280 e. The molecule has 0 saturated heterocycles. The van der Waals surface area contributed by atoms with Crippen LogP contribution in [0.3, 0.4) is 0 Å². The molecule has 4 aromatic rings. The number of anilines is 2. The molecular weight excluding hydrogens is 436 g/mol. The molecule has 8 heteroatoms. The molecule has 0 spiro atoms. The van der Waals surface area contributed by atoms with E-state index in [9.17, 15) is 4.79 Å². The van der Waals surface area contributed by atoms with Gasteiger partial charge in [0.05, 0.1) is 30.7 Å². The van der Waals surface area contributed by atoms with Crippen molar-refractivity contribution in [1.29, 1.82) is 0 Å². The van der Waals surface area contributed by atoms with Gasteiger partial charge in [0.2, 0.25) is 5.13 Å². The van der Waals surface area contributed by atoms with Crippen LogP contribution in [0, 0.1) is 0 Å². The minimum atomic E-state index is -0.268. The number of amides is 1. The van der Waals surface area contributed by atoms with Gasteiger partial charge < -0.3 is 14.4 Å². The van der Waals surface area contributed by atoms with Gasteiger partial charge in [0, 0.05) is 25.3 Å². The number of carbonyl (C=O) groups is 1. The number of hydrogen-bond donors (Lipinski definition) is 0. The van der Waals surface area contributed by atoms with Crippen molar-refractivity contribution in [3.05, 3.63) is 77.9 Å². The Labute approximate surface area is 196 Å². The Bertz CT molecular complexity index is 1280. The smallest absolute Gasteiger partial charge is 0.280 e. The van der Waals surface area contributed by atoms with E-state index >= 15 is 0 Å². The fourth-order valence-corrected chi connectivity index (χ4v) is 4.09. The normalized spacial score (nSPS) is 11.0. The van der Waals surface area contributed by atoms with E-state index in [2.05, 4.69) is 10.1 Å². The van der Waals surface area contributed by atoms with E-state index in [0.29, 0.717) is 10.7 Å². The van der Waals surface area contributed by atoms with Gasteiger partial charge in [0.15, 0.2) is 0 Å². The summed E-state index contributed by atoms with van der Waals surface area (Å²) >= 11 is 1.38. The van der Waals surface area contributed by atoms with Gasteiger partial charge in [-0.25, -0.2) is 4.98 Å². The first-order valence-corrected chi connectivity index (χ1v) is 11.0. The van der Waals surface area contributed by atoms with E-state index in [-0.39, 0.29) is 5.91 Å². The predicted molar refractivity (Wildman–Crippen MR) is 134 cm³/mol. The predicted octanol–water partition coefficient (Wildman–Crippen LogP) is 5.06. The SMILES string of the molecule is COc1ccc(/C=N/N(C(=O)c2ccc(N(C)C)cc2)c2nc3ccc(OC)cc3s2)cc1. The Kier molecular flexibility index (Phi) is 6.55. The van der Waals surface area contributed by atoms with Crippen molar-refractivity contribution < 1.29 is 14.3 Å². The first-order valence-electron chi connectivity index (χ1n) is 10.2. The number of hydrazone groups is 1. The summed E-state index contributed by atoms with van der Waals surface area (Å²) in [4.78, 5) is 20.1. The minimum Gasteiger partial charge on any atom is -0.497 e. The molecule has 168 valence electrons. The van der Waals surface area contributed by atoms with E-state index in [1.807, 2.05) is 73.6 Å². The number of hydrogen-bond acceptors (Lipinski definition) is 7. The van der Waals surface area contributed by atoms with Gasteiger partial charge in [-0.05, 0) is 72.3 Å². The molecule has 0 aliphatic heterocycles. The Balaban J connectivity index is 1.72. The van der Waals surface area contributed by atoms with Crippen molar-refractivity contribution >= 4 is 44.5 Å². The molecular formula is C25H24N4O3S. The number of thiazole rings is 1. The summed E-state index contributed by atoms with van der Waals surface area (Å²) in [6, 6.07) is 20.5. The van der Waals surface area contributed by atoms with Crippen LogP contribution in [-0.4, -0.2) is 45.4 Å². The highest BCUT2D eigenvalue weighted by Crippen LogP contribution is 2.32. The summed E-state index contributed by atoms with van der Waals surface area (Å²) in [6.07, 6.45) is 1.64. The zero-order valence-corrected chi connectivity index (χ0v) is 19.7. The van der Waals surface area contributed by atoms with Gasteiger partial charge in [0.25, 0.3) is 5.91 Å². The van der Waals surface area contributed by atoms with Crippen molar-refractivity contribution in [3.8, 4) is 11.5 Å². The summed E-state index contributed by atoms with van der Waals surface area (Å²) in [5.74, 6) is 1.22. The van der Waals surface area contributed by atoms with E-state index in [1.54, 1.807) is 32.6 Å². The largest absolute Gasteiger partial charge is 0.497 e. The molecule has 0 atom stereocenters. The standard InChI is InChI=1S/C25H24N4O3S/c1-28(2)19-9-7-18(8-10-19)24(30)29(26-16-17-5-11-20(31-3)12-6-17)25-27-22-14-13-21(32-4)15-23(22)33-25/h5-16H,1-4H3/b26-16+. The fourth-order valence-electron chi connectivity index (χ4n) is 3.14. The molecule has 1 amide bonds. The van der Waals surface area contributed by atoms with E-state index in [0.717, 1.165) is 33.0 Å². The van der Waals surface area contributed by atoms with Crippen molar-refractivity contribution in [2.75, 3.05) is 38.2 Å². The summed E-state index contributed by atoms with van der Waals surface area (Å²) in [5.41, 5.74) is 3.13. The number of nitrogens with zero attached hydrogens (tertiary/aromatic N) is 4. The molecule has 33 heavy (non-hydrogen) atoms. The number of fused-ring (bicyclic) bond motifs is 1. The lowest BCUT2D eigenvalue weighted by Gasteiger charge is -2.16. The Morgan fingerprint density at radius 1 is 0.939 bits per heavy atom. The minimum absolute atomic E-state index is 0.268. The highest BCUT2D eigenvalue weighted by Gasteiger charge is 2.21. The van der Waals surface area contributed by atoms with Crippen LogP contribution < -0.4 is 19.4 Å². The van der Waals surface area contributed by atoms with Gasteiger partial charge >= 0.3 is 0 Å². The van der Waals surface area contributed by atoms with Gasteiger partial charge in [-0.1, -0.05) is 11.3 Å².